The van der Waals surface area contributed by atoms with Crippen LogP contribution in [0.2, 0.25) is 0 Å². The monoisotopic (exact) mass is 303 g/mol. The van der Waals surface area contributed by atoms with E-state index in [1.165, 1.54) is 4.90 Å². The Kier molecular flexibility index (Phi) is 5.07. The van der Waals surface area contributed by atoms with Crippen molar-refractivity contribution in [1.82, 2.24) is 10.2 Å². The van der Waals surface area contributed by atoms with Gasteiger partial charge in [0.05, 0.1) is 0 Å². The lowest BCUT2D eigenvalue weighted by Gasteiger charge is -2.14. The Labute approximate surface area is 129 Å². The van der Waals surface area contributed by atoms with Crippen LogP contribution in [0.3, 0.4) is 0 Å². The van der Waals surface area contributed by atoms with Crippen LogP contribution in [0.4, 0.5) is 5.82 Å². The summed E-state index contributed by atoms with van der Waals surface area (Å²) < 4.78 is 0. The summed E-state index contributed by atoms with van der Waals surface area (Å²) in [7, 11) is 0. The summed E-state index contributed by atoms with van der Waals surface area (Å²) >= 11 is 1.68. The number of anilines is 1. The largest absolute Gasteiger partial charge is 0.309 e. The Morgan fingerprint density at radius 1 is 1.29 bits per heavy atom. The van der Waals surface area contributed by atoms with Crippen molar-refractivity contribution >= 4 is 23.5 Å². The molecule has 0 atom stereocenters. The number of nitrogens with zero attached hydrogens (tertiary/aromatic N) is 1. The predicted octanol–water partition coefficient (Wildman–Crippen LogP) is 3.83. The molecule has 1 aromatic heterocycles. The highest BCUT2D eigenvalue weighted by molar-refractivity contribution is 7.99. The van der Waals surface area contributed by atoms with Crippen LogP contribution in [0.15, 0.2) is 41.3 Å². The van der Waals surface area contributed by atoms with Crippen LogP contribution in [0.1, 0.15) is 32.9 Å². The fourth-order valence-corrected chi connectivity index (χ4v) is 2.63. The molecule has 2 rings (SSSR count). The van der Waals surface area contributed by atoms with Gasteiger partial charge in [-0.1, -0.05) is 39.0 Å². The number of aromatic nitrogens is 2. The predicted molar refractivity (Wildman–Crippen MR) is 87.7 cm³/mol. The van der Waals surface area contributed by atoms with Gasteiger partial charge in [-0.25, -0.2) is 0 Å². The minimum absolute atomic E-state index is 0.000854. The molecule has 0 bridgehead atoms. The van der Waals surface area contributed by atoms with Gasteiger partial charge in [-0.2, -0.15) is 5.10 Å². The van der Waals surface area contributed by atoms with Crippen LogP contribution in [-0.2, 0) is 10.2 Å². The van der Waals surface area contributed by atoms with E-state index in [1.807, 2.05) is 36.4 Å². The quantitative estimate of drug-likeness (QED) is 0.825. The second-order valence-electron chi connectivity index (χ2n) is 5.88. The van der Waals surface area contributed by atoms with E-state index in [9.17, 15) is 4.79 Å². The summed E-state index contributed by atoms with van der Waals surface area (Å²) in [4.78, 5) is 13.1. The van der Waals surface area contributed by atoms with Crippen LogP contribution in [0.5, 0.6) is 0 Å². The maximum atomic E-state index is 11.9. The summed E-state index contributed by atoms with van der Waals surface area (Å²) in [6.07, 6.45) is 0.470. The van der Waals surface area contributed by atoms with Gasteiger partial charge in [0.25, 0.3) is 0 Å². The minimum atomic E-state index is -0.00890. The van der Waals surface area contributed by atoms with Gasteiger partial charge in [-0.15, -0.1) is 11.8 Å². The summed E-state index contributed by atoms with van der Waals surface area (Å²) in [5.41, 5.74) is 1.01. The molecule has 112 valence electrons. The highest BCUT2D eigenvalue weighted by Gasteiger charge is 2.17. The van der Waals surface area contributed by atoms with Crippen molar-refractivity contribution in [2.45, 2.75) is 37.5 Å². The molecule has 0 aliphatic heterocycles. The molecule has 0 unspecified atom stereocenters. The summed E-state index contributed by atoms with van der Waals surface area (Å²) in [6, 6.07) is 12.0. The number of rotatable bonds is 5. The molecule has 0 aliphatic carbocycles. The molecule has 0 spiro atoms. The third kappa shape index (κ3) is 4.93. The Bertz CT molecular complexity index is 587. The molecule has 0 saturated heterocycles. The van der Waals surface area contributed by atoms with E-state index < -0.39 is 0 Å². The molecule has 1 aromatic carbocycles. The number of H-pyrrole nitrogens is 1. The van der Waals surface area contributed by atoms with Gasteiger partial charge in [-0.05, 0) is 12.1 Å². The van der Waals surface area contributed by atoms with Crippen LogP contribution in [-0.4, -0.2) is 21.9 Å². The van der Waals surface area contributed by atoms with Gasteiger partial charge >= 0.3 is 0 Å². The third-order valence-corrected chi connectivity index (χ3v) is 4.01. The Morgan fingerprint density at radius 3 is 2.62 bits per heavy atom. The van der Waals surface area contributed by atoms with E-state index in [1.54, 1.807) is 11.8 Å². The van der Waals surface area contributed by atoms with Crippen LogP contribution < -0.4 is 5.32 Å². The molecule has 0 saturated carbocycles. The number of amides is 1. The second kappa shape index (κ2) is 6.80. The number of aromatic amines is 1. The Morgan fingerprint density at radius 2 is 2.00 bits per heavy atom. The molecule has 0 fully saturated rings. The van der Waals surface area contributed by atoms with E-state index >= 15 is 0 Å². The first-order valence-corrected chi connectivity index (χ1v) is 7.97. The van der Waals surface area contributed by atoms with Crippen molar-refractivity contribution in [3.05, 3.63) is 42.1 Å². The lowest BCUT2D eigenvalue weighted by Crippen LogP contribution is -2.12. The number of carbonyl (C=O) groups is 1. The van der Waals surface area contributed by atoms with Gasteiger partial charge in [0.15, 0.2) is 5.82 Å². The van der Waals surface area contributed by atoms with Crippen LogP contribution >= 0.6 is 11.8 Å². The summed E-state index contributed by atoms with van der Waals surface area (Å²) in [5.74, 6) is 1.34. The zero-order chi connectivity index (χ0) is 15.3. The van der Waals surface area contributed by atoms with Crippen molar-refractivity contribution in [1.29, 1.82) is 0 Å². The summed E-state index contributed by atoms with van der Waals surface area (Å²) in [6.45, 7) is 6.30. The average molecular weight is 303 g/mol. The lowest BCUT2D eigenvalue weighted by atomic mass is 9.92. The smallest absolute Gasteiger partial charge is 0.226 e. The maximum absolute atomic E-state index is 11.9. The highest BCUT2D eigenvalue weighted by Crippen LogP contribution is 2.22. The second-order valence-corrected chi connectivity index (χ2v) is 7.04. The van der Waals surface area contributed by atoms with Gasteiger partial charge in [0, 0.05) is 34.2 Å². The van der Waals surface area contributed by atoms with Crippen molar-refractivity contribution in [2.75, 3.05) is 11.1 Å². The van der Waals surface area contributed by atoms with Crippen molar-refractivity contribution in [3.8, 4) is 0 Å². The van der Waals surface area contributed by atoms with E-state index in [0.717, 1.165) is 11.4 Å². The Balaban J connectivity index is 1.78. The molecule has 0 aliphatic rings. The highest BCUT2D eigenvalue weighted by atomic mass is 32.2. The van der Waals surface area contributed by atoms with E-state index in [-0.39, 0.29) is 11.3 Å². The number of thioether (sulfide) groups is 1. The van der Waals surface area contributed by atoms with E-state index in [4.69, 9.17) is 0 Å². The molecule has 1 heterocycles. The first-order chi connectivity index (χ1) is 9.95. The van der Waals surface area contributed by atoms with Crippen molar-refractivity contribution in [3.63, 3.8) is 0 Å². The normalized spacial score (nSPS) is 11.4. The average Bonchev–Trinajstić information content (AvgIpc) is 2.88. The fraction of sp³-hybridized carbons (Fsp3) is 0.375. The zero-order valence-corrected chi connectivity index (χ0v) is 13.5. The number of benzene rings is 1. The molecular weight excluding hydrogens is 282 g/mol. The van der Waals surface area contributed by atoms with Gasteiger partial charge in [0.2, 0.25) is 5.91 Å². The zero-order valence-electron chi connectivity index (χ0n) is 12.6. The standard InChI is InChI=1S/C16H21N3OS/c1-16(2,3)13-11-14(19-18-13)17-15(20)9-10-21-12-7-5-4-6-8-12/h4-8,11H,9-10H2,1-3H3,(H2,17,18,19,20). The number of hydrogen-bond donors (Lipinski definition) is 2. The minimum Gasteiger partial charge on any atom is -0.309 e. The van der Waals surface area contributed by atoms with Gasteiger partial charge in [0.1, 0.15) is 0 Å². The Hall–Kier alpha value is -1.75. The van der Waals surface area contributed by atoms with Crippen molar-refractivity contribution < 1.29 is 4.79 Å². The molecule has 2 aromatic rings. The number of carbonyl (C=O) groups excluding carboxylic acids is 1. The molecule has 5 heteroatoms. The molecular formula is C16H21N3OS. The molecule has 4 nitrogen and oxygen atoms in total. The fourth-order valence-electron chi connectivity index (χ4n) is 1.75. The topological polar surface area (TPSA) is 57.8 Å². The van der Waals surface area contributed by atoms with E-state index in [2.05, 4.69) is 36.3 Å². The van der Waals surface area contributed by atoms with Crippen LogP contribution in [0, 0.1) is 0 Å². The molecule has 21 heavy (non-hydrogen) atoms. The molecule has 1 amide bonds. The first kappa shape index (κ1) is 15.6. The maximum Gasteiger partial charge on any atom is 0.226 e. The molecule has 0 radical (unpaired) electrons. The first-order valence-electron chi connectivity index (χ1n) is 6.99. The number of hydrogen-bond acceptors (Lipinski definition) is 3. The van der Waals surface area contributed by atoms with Crippen molar-refractivity contribution in [2.24, 2.45) is 0 Å². The van der Waals surface area contributed by atoms with E-state index in [0.29, 0.717) is 12.2 Å². The third-order valence-electron chi connectivity index (χ3n) is 2.99. The number of nitrogens with one attached hydrogen (secondary N) is 2. The van der Waals surface area contributed by atoms with Gasteiger partial charge in [-0.3, -0.25) is 9.89 Å². The van der Waals surface area contributed by atoms with Gasteiger partial charge < -0.3 is 5.32 Å². The summed E-state index contributed by atoms with van der Waals surface area (Å²) in [5, 5.41) is 9.91. The SMILES string of the molecule is CC(C)(C)c1cc(NC(=O)CCSc2ccccc2)n[nH]1. The molecule has 2 N–H and O–H groups in total. The van der Waals surface area contributed by atoms with Crippen LogP contribution in [0.25, 0.3) is 0 Å². The lowest BCUT2D eigenvalue weighted by molar-refractivity contribution is -0.115.